The molecule has 0 heterocycles. The van der Waals surface area contributed by atoms with Crippen molar-refractivity contribution in [3.63, 3.8) is 0 Å². The topological polar surface area (TPSA) is 90.7 Å². The van der Waals surface area contributed by atoms with E-state index in [1.807, 2.05) is 0 Å². The Bertz CT molecular complexity index is 853. The Morgan fingerprint density at radius 3 is 2.39 bits per heavy atom. The van der Waals surface area contributed by atoms with E-state index in [1.165, 1.54) is 24.3 Å². The Balaban J connectivity index is 2.11. The number of ether oxygens (including phenoxy) is 2. The molecule has 2 aromatic carbocycles. The summed E-state index contributed by atoms with van der Waals surface area (Å²) in [4.78, 5) is 22.9. The highest BCUT2D eigenvalue weighted by molar-refractivity contribution is 5.95. The lowest BCUT2D eigenvalue weighted by Crippen LogP contribution is -2.26. The Hall–Kier alpha value is -3.30. The summed E-state index contributed by atoms with van der Waals surface area (Å²) in [7, 11) is 0. The molecule has 0 radical (unpaired) electrons. The number of nitrogens with one attached hydrogen (secondary N) is 1. The number of rotatable bonds is 7. The number of benzene rings is 2. The normalized spacial score (nSPS) is 12.2. The molecule has 10 heteroatoms. The maximum absolute atomic E-state index is 12.4. The van der Waals surface area contributed by atoms with Crippen LogP contribution in [0.5, 0.6) is 11.5 Å². The van der Waals surface area contributed by atoms with E-state index in [2.05, 4.69) is 10.1 Å². The van der Waals surface area contributed by atoms with E-state index in [1.54, 1.807) is 13.8 Å². The van der Waals surface area contributed by atoms with Crippen LogP contribution in [0.4, 0.5) is 18.9 Å². The molecule has 0 spiro atoms. The predicted molar refractivity (Wildman–Crippen MR) is 93.3 cm³/mol. The molecule has 1 unspecified atom stereocenters. The van der Waals surface area contributed by atoms with Crippen LogP contribution in [-0.2, 0) is 0 Å². The van der Waals surface area contributed by atoms with Crippen molar-refractivity contribution >= 4 is 11.6 Å². The van der Waals surface area contributed by atoms with E-state index in [4.69, 9.17) is 4.74 Å². The predicted octanol–water partition coefficient (Wildman–Crippen LogP) is 4.38. The summed E-state index contributed by atoms with van der Waals surface area (Å²) in [6.45, 7) is 3.54. The molecular weight excluding hydrogens is 381 g/mol. The minimum absolute atomic E-state index is 0.0531. The first-order valence-electron chi connectivity index (χ1n) is 8.18. The molecule has 0 saturated heterocycles. The van der Waals surface area contributed by atoms with Gasteiger partial charge >= 0.3 is 12.0 Å². The molecule has 2 rings (SSSR count). The second kappa shape index (κ2) is 8.59. The molecule has 2 aromatic rings. The Morgan fingerprint density at radius 1 is 1.21 bits per heavy atom. The van der Waals surface area contributed by atoms with Gasteiger partial charge in [0.2, 0.25) is 0 Å². The number of nitrogens with zero attached hydrogens (tertiary/aromatic N) is 1. The van der Waals surface area contributed by atoms with Crippen LogP contribution in [0.3, 0.4) is 0 Å². The van der Waals surface area contributed by atoms with Gasteiger partial charge in [-0.05, 0) is 43.7 Å². The molecule has 0 aliphatic heterocycles. The number of nitro groups is 1. The zero-order chi connectivity index (χ0) is 20.9. The molecule has 0 aliphatic rings. The molecule has 28 heavy (non-hydrogen) atoms. The van der Waals surface area contributed by atoms with Gasteiger partial charge in [0.05, 0.1) is 17.6 Å². The Morgan fingerprint density at radius 2 is 1.86 bits per heavy atom. The molecule has 0 fully saturated rings. The molecule has 1 atom stereocenters. The Kier molecular flexibility index (Phi) is 6.45. The summed E-state index contributed by atoms with van der Waals surface area (Å²) in [5, 5.41) is 13.8. The average molecular weight is 398 g/mol. The number of hydrogen-bond donors (Lipinski definition) is 1. The van der Waals surface area contributed by atoms with Gasteiger partial charge in [-0.15, -0.1) is 13.2 Å². The minimum Gasteiger partial charge on any atom is -0.487 e. The van der Waals surface area contributed by atoms with Gasteiger partial charge in [-0.1, -0.05) is 12.1 Å². The fourth-order valence-corrected chi connectivity index (χ4v) is 2.40. The quantitative estimate of drug-likeness (QED) is 0.552. The highest BCUT2D eigenvalue weighted by Gasteiger charge is 2.31. The van der Waals surface area contributed by atoms with E-state index in [0.717, 1.165) is 18.2 Å². The highest BCUT2D eigenvalue weighted by atomic mass is 19.4. The van der Waals surface area contributed by atoms with Gasteiger partial charge in [-0.25, -0.2) is 0 Å². The van der Waals surface area contributed by atoms with Gasteiger partial charge in [0.15, 0.2) is 5.75 Å². The van der Waals surface area contributed by atoms with Crippen LogP contribution in [0.2, 0.25) is 0 Å². The van der Waals surface area contributed by atoms with E-state index in [9.17, 15) is 28.1 Å². The van der Waals surface area contributed by atoms with Gasteiger partial charge in [0.1, 0.15) is 5.75 Å². The summed E-state index contributed by atoms with van der Waals surface area (Å²) >= 11 is 0. The summed E-state index contributed by atoms with van der Waals surface area (Å²) in [6, 6.07) is 8.30. The van der Waals surface area contributed by atoms with Crippen molar-refractivity contribution < 1.29 is 32.4 Å². The van der Waals surface area contributed by atoms with Crippen LogP contribution in [0.15, 0.2) is 42.5 Å². The smallest absolute Gasteiger partial charge is 0.487 e. The highest BCUT2D eigenvalue weighted by Crippen LogP contribution is 2.28. The molecule has 7 nitrogen and oxygen atoms in total. The van der Waals surface area contributed by atoms with E-state index >= 15 is 0 Å². The minimum atomic E-state index is -4.79. The van der Waals surface area contributed by atoms with Crippen molar-refractivity contribution in [1.29, 1.82) is 0 Å². The molecule has 0 aliphatic carbocycles. The summed E-state index contributed by atoms with van der Waals surface area (Å²) in [5.41, 5.74) is 0.248. The summed E-state index contributed by atoms with van der Waals surface area (Å²) in [6.07, 6.45) is -4.79. The zero-order valence-electron chi connectivity index (χ0n) is 14.9. The number of hydrogen-bond acceptors (Lipinski definition) is 5. The lowest BCUT2D eigenvalue weighted by molar-refractivity contribution is -0.385. The largest absolute Gasteiger partial charge is 0.573 e. The lowest BCUT2D eigenvalue weighted by atomic mass is 10.1. The van der Waals surface area contributed by atoms with Crippen molar-refractivity contribution in [2.75, 3.05) is 6.61 Å². The van der Waals surface area contributed by atoms with Crippen LogP contribution in [0.1, 0.15) is 35.8 Å². The third-order valence-corrected chi connectivity index (χ3v) is 3.68. The second-order valence-electron chi connectivity index (χ2n) is 5.68. The standard InChI is InChI=1S/C18H17F3N2O5/c1-3-27-16-9-6-13(10-15(16)23(25)26)17(24)22-11(2)12-4-7-14(8-5-12)28-18(19,20)21/h4-11H,3H2,1-2H3,(H,22,24). The van der Waals surface area contributed by atoms with E-state index in [0.29, 0.717) is 5.56 Å². The molecule has 150 valence electrons. The average Bonchev–Trinajstić information content (AvgIpc) is 2.61. The first-order valence-corrected chi connectivity index (χ1v) is 8.18. The molecule has 0 bridgehead atoms. The maximum Gasteiger partial charge on any atom is 0.573 e. The summed E-state index contributed by atoms with van der Waals surface area (Å²) < 4.78 is 45.5. The second-order valence-corrected chi connectivity index (χ2v) is 5.68. The van der Waals surface area contributed by atoms with E-state index in [-0.39, 0.29) is 29.4 Å². The lowest BCUT2D eigenvalue weighted by Gasteiger charge is -2.16. The maximum atomic E-state index is 12.4. The molecule has 0 saturated carbocycles. The first kappa shape index (κ1) is 21.0. The number of carbonyl (C=O) groups excluding carboxylic acids is 1. The number of alkyl halides is 3. The third kappa shape index (κ3) is 5.60. The number of carbonyl (C=O) groups is 1. The molecular formula is C18H17F3N2O5. The van der Waals surface area contributed by atoms with Crippen LogP contribution < -0.4 is 14.8 Å². The molecule has 0 aromatic heterocycles. The number of amides is 1. The van der Waals surface area contributed by atoms with Gasteiger partial charge < -0.3 is 14.8 Å². The van der Waals surface area contributed by atoms with Crippen LogP contribution in [0, 0.1) is 10.1 Å². The number of nitro benzene ring substituents is 1. The first-order chi connectivity index (χ1) is 13.1. The fourth-order valence-electron chi connectivity index (χ4n) is 2.40. The van der Waals surface area contributed by atoms with Gasteiger partial charge in [-0.2, -0.15) is 0 Å². The molecule has 1 amide bonds. The van der Waals surface area contributed by atoms with Crippen molar-refractivity contribution in [1.82, 2.24) is 5.32 Å². The van der Waals surface area contributed by atoms with Crippen molar-refractivity contribution in [3.05, 3.63) is 63.7 Å². The Labute approximate surface area is 158 Å². The molecule has 1 N–H and O–H groups in total. The van der Waals surface area contributed by atoms with Crippen molar-refractivity contribution in [2.24, 2.45) is 0 Å². The summed E-state index contributed by atoms with van der Waals surface area (Å²) in [5.74, 6) is -0.900. The fraction of sp³-hybridized carbons (Fsp3) is 0.278. The van der Waals surface area contributed by atoms with Gasteiger partial charge in [0, 0.05) is 11.6 Å². The monoisotopic (exact) mass is 398 g/mol. The SMILES string of the molecule is CCOc1ccc(C(=O)NC(C)c2ccc(OC(F)(F)F)cc2)cc1[N+](=O)[O-]. The third-order valence-electron chi connectivity index (χ3n) is 3.68. The van der Waals surface area contributed by atoms with Crippen LogP contribution in [-0.4, -0.2) is 23.8 Å². The van der Waals surface area contributed by atoms with Crippen LogP contribution in [0.25, 0.3) is 0 Å². The van der Waals surface area contributed by atoms with Crippen molar-refractivity contribution in [3.8, 4) is 11.5 Å². The van der Waals surface area contributed by atoms with E-state index < -0.39 is 23.2 Å². The van der Waals surface area contributed by atoms with Crippen molar-refractivity contribution in [2.45, 2.75) is 26.3 Å². The number of halogens is 3. The van der Waals surface area contributed by atoms with Crippen LogP contribution >= 0.6 is 0 Å². The van der Waals surface area contributed by atoms with Gasteiger partial charge in [0.25, 0.3) is 5.91 Å². The van der Waals surface area contributed by atoms with Gasteiger partial charge in [-0.3, -0.25) is 14.9 Å². The zero-order valence-corrected chi connectivity index (χ0v) is 14.9.